The summed E-state index contributed by atoms with van der Waals surface area (Å²) in [5.74, 6) is 0.395. The first-order chi connectivity index (χ1) is 13.4. The van der Waals surface area contributed by atoms with Gasteiger partial charge >= 0.3 is 0 Å². The third kappa shape index (κ3) is 6.34. The monoisotopic (exact) mass is 379 g/mol. The SMILES string of the molecule is C/C=C\C(=C/CC)C(Cc1ccccc1)(C(C)C(C)=CC/C=C\CC)N(C)C. The third-order valence-corrected chi connectivity index (χ3v) is 5.76. The van der Waals surface area contributed by atoms with Gasteiger partial charge in [-0.1, -0.05) is 93.1 Å². The number of benzene rings is 1. The van der Waals surface area contributed by atoms with Gasteiger partial charge in [0.25, 0.3) is 0 Å². The topological polar surface area (TPSA) is 3.24 Å². The molecule has 0 bridgehead atoms. The van der Waals surface area contributed by atoms with Crippen LogP contribution < -0.4 is 0 Å². The van der Waals surface area contributed by atoms with E-state index in [1.54, 1.807) is 0 Å². The van der Waals surface area contributed by atoms with Gasteiger partial charge in [0.1, 0.15) is 0 Å². The molecule has 1 rings (SSSR count). The van der Waals surface area contributed by atoms with E-state index in [2.05, 4.69) is 120 Å². The fraction of sp³-hybridized carbons (Fsp3) is 0.481. The summed E-state index contributed by atoms with van der Waals surface area (Å²) in [6.07, 6.45) is 18.0. The van der Waals surface area contributed by atoms with Crippen LogP contribution >= 0.6 is 0 Å². The lowest BCUT2D eigenvalue weighted by Crippen LogP contribution is -2.53. The highest BCUT2D eigenvalue weighted by atomic mass is 15.2. The predicted octanol–water partition coefficient (Wildman–Crippen LogP) is 7.38. The van der Waals surface area contributed by atoms with Crippen LogP contribution in [-0.4, -0.2) is 24.5 Å². The molecule has 0 radical (unpaired) electrons. The molecule has 0 aliphatic carbocycles. The van der Waals surface area contributed by atoms with Gasteiger partial charge in [0.15, 0.2) is 0 Å². The van der Waals surface area contributed by atoms with Gasteiger partial charge < -0.3 is 0 Å². The fourth-order valence-corrected chi connectivity index (χ4v) is 4.07. The van der Waals surface area contributed by atoms with E-state index in [0.29, 0.717) is 5.92 Å². The molecule has 0 spiro atoms. The van der Waals surface area contributed by atoms with Crippen molar-refractivity contribution in [2.24, 2.45) is 5.92 Å². The van der Waals surface area contributed by atoms with Crippen LogP contribution in [0.1, 0.15) is 59.4 Å². The Kier molecular flexibility index (Phi) is 10.9. The minimum absolute atomic E-state index is 0.0844. The second-order valence-corrected chi connectivity index (χ2v) is 7.83. The summed E-state index contributed by atoms with van der Waals surface area (Å²) in [5.41, 5.74) is 4.17. The molecule has 1 nitrogen and oxygen atoms in total. The lowest BCUT2D eigenvalue weighted by Gasteiger charge is -2.47. The summed E-state index contributed by atoms with van der Waals surface area (Å²) >= 11 is 0. The molecule has 0 N–H and O–H groups in total. The number of rotatable bonds is 11. The second kappa shape index (κ2) is 12.6. The highest BCUT2D eigenvalue weighted by Gasteiger charge is 2.41. The van der Waals surface area contributed by atoms with Crippen LogP contribution in [0.3, 0.4) is 0 Å². The van der Waals surface area contributed by atoms with Gasteiger partial charge in [-0.25, -0.2) is 0 Å². The molecule has 2 atom stereocenters. The molecule has 0 fully saturated rings. The van der Waals surface area contributed by atoms with Gasteiger partial charge in [-0.05, 0) is 70.7 Å². The molecular weight excluding hydrogens is 338 g/mol. The number of nitrogens with zero attached hydrogens (tertiary/aromatic N) is 1. The molecule has 1 heteroatoms. The summed E-state index contributed by atoms with van der Waals surface area (Å²) in [7, 11) is 4.47. The van der Waals surface area contributed by atoms with Crippen LogP contribution in [-0.2, 0) is 6.42 Å². The lowest BCUT2D eigenvalue weighted by atomic mass is 9.70. The molecule has 0 aliphatic heterocycles. The van der Waals surface area contributed by atoms with E-state index < -0.39 is 0 Å². The summed E-state index contributed by atoms with van der Waals surface area (Å²) in [4.78, 5) is 2.44. The summed E-state index contributed by atoms with van der Waals surface area (Å²) < 4.78 is 0. The summed E-state index contributed by atoms with van der Waals surface area (Å²) in [6.45, 7) is 11.2. The van der Waals surface area contributed by atoms with Gasteiger partial charge in [-0.2, -0.15) is 0 Å². The van der Waals surface area contributed by atoms with Crippen molar-refractivity contribution in [2.75, 3.05) is 14.1 Å². The average molecular weight is 380 g/mol. The zero-order chi connectivity index (χ0) is 21.0. The van der Waals surface area contributed by atoms with Crippen LogP contribution in [0.25, 0.3) is 0 Å². The van der Waals surface area contributed by atoms with Crippen molar-refractivity contribution in [3.8, 4) is 0 Å². The first kappa shape index (κ1) is 24.2. The van der Waals surface area contributed by atoms with Gasteiger partial charge in [0.05, 0.1) is 5.54 Å². The Morgan fingerprint density at radius 2 is 1.71 bits per heavy atom. The zero-order valence-electron chi connectivity index (χ0n) is 19.2. The Labute approximate surface area is 174 Å². The van der Waals surface area contributed by atoms with Gasteiger partial charge in [0.2, 0.25) is 0 Å². The van der Waals surface area contributed by atoms with Gasteiger partial charge in [-0.15, -0.1) is 0 Å². The van der Waals surface area contributed by atoms with Crippen LogP contribution in [0.15, 0.2) is 77.9 Å². The minimum atomic E-state index is -0.0844. The molecule has 154 valence electrons. The lowest BCUT2D eigenvalue weighted by molar-refractivity contribution is 0.145. The number of hydrogen-bond donors (Lipinski definition) is 0. The zero-order valence-corrected chi connectivity index (χ0v) is 19.2. The number of allylic oxidation sites excluding steroid dienone is 5. The van der Waals surface area contributed by atoms with Crippen molar-refractivity contribution in [2.45, 2.75) is 65.8 Å². The Balaban J connectivity index is 3.49. The molecule has 0 aromatic heterocycles. The quantitative estimate of drug-likeness (QED) is 0.286. The van der Waals surface area contributed by atoms with Crippen molar-refractivity contribution < 1.29 is 0 Å². The molecule has 0 saturated carbocycles. The Morgan fingerprint density at radius 3 is 2.25 bits per heavy atom. The molecule has 1 aromatic carbocycles. The Bertz CT molecular complexity index is 675. The van der Waals surface area contributed by atoms with E-state index in [1.807, 2.05) is 0 Å². The van der Waals surface area contributed by atoms with Crippen LogP contribution in [0.4, 0.5) is 0 Å². The van der Waals surface area contributed by atoms with Crippen LogP contribution in [0, 0.1) is 5.92 Å². The first-order valence-electron chi connectivity index (χ1n) is 10.8. The van der Waals surface area contributed by atoms with Crippen molar-refractivity contribution in [1.29, 1.82) is 0 Å². The second-order valence-electron chi connectivity index (χ2n) is 7.83. The third-order valence-electron chi connectivity index (χ3n) is 5.76. The highest BCUT2D eigenvalue weighted by Crippen LogP contribution is 2.39. The molecule has 1 aromatic rings. The molecule has 28 heavy (non-hydrogen) atoms. The Morgan fingerprint density at radius 1 is 1.04 bits per heavy atom. The predicted molar refractivity (Wildman–Crippen MR) is 127 cm³/mol. The minimum Gasteiger partial charge on any atom is -0.299 e. The van der Waals surface area contributed by atoms with E-state index in [0.717, 1.165) is 25.7 Å². The smallest absolute Gasteiger partial charge is 0.0555 e. The maximum Gasteiger partial charge on any atom is 0.0555 e. The number of likely N-dealkylation sites (N-methyl/N-ethyl adjacent to an activating group) is 1. The first-order valence-corrected chi connectivity index (χ1v) is 10.8. The van der Waals surface area contributed by atoms with Crippen molar-refractivity contribution >= 4 is 0 Å². The van der Waals surface area contributed by atoms with Gasteiger partial charge in [-0.3, -0.25) is 4.90 Å². The molecule has 0 amide bonds. The van der Waals surface area contributed by atoms with E-state index in [-0.39, 0.29) is 5.54 Å². The molecular formula is C27H41N. The normalized spacial score (nSPS) is 16.9. The molecule has 0 heterocycles. The van der Waals surface area contributed by atoms with E-state index in [9.17, 15) is 0 Å². The molecule has 0 saturated heterocycles. The summed E-state index contributed by atoms with van der Waals surface area (Å²) in [6, 6.07) is 10.9. The summed E-state index contributed by atoms with van der Waals surface area (Å²) in [5, 5.41) is 0. The van der Waals surface area contributed by atoms with E-state index in [1.165, 1.54) is 16.7 Å². The van der Waals surface area contributed by atoms with Crippen LogP contribution in [0.5, 0.6) is 0 Å². The standard InChI is InChI=1S/C27H41N/c1-8-11-12-14-19-23(4)24(5)27(28(6)7,26(17-9-2)18-10-3)22-25-20-15-13-16-21-25/h9,11-13,15-21,24H,8,10,14,22H2,1-7H3/b12-11-,17-9-,23-19?,26-18+. The molecule has 2 unspecified atom stereocenters. The van der Waals surface area contributed by atoms with Crippen LogP contribution in [0.2, 0.25) is 0 Å². The maximum atomic E-state index is 2.44. The molecule has 0 aliphatic rings. The van der Waals surface area contributed by atoms with Crippen molar-refractivity contribution in [3.63, 3.8) is 0 Å². The highest BCUT2D eigenvalue weighted by molar-refractivity contribution is 5.38. The van der Waals surface area contributed by atoms with E-state index >= 15 is 0 Å². The average Bonchev–Trinajstić information content (AvgIpc) is 2.69. The largest absolute Gasteiger partial charge is 0.299 e. The Hall–Kier alpha value is -1.86. The fourth-order valence-electron chi connectivity index (χ4n) is 4.07. The van der Waals surface area contributed by atoms with Gasteiger partial charge in [0, 0.05) is 0 Å². The maximum absolute atomic E-state index is 2.44. The van der Waals surface area contributed by atoms with Crippen molar-refractivity contribution in [1.82, 2.24) is 4.90 Å². The van der Waals surface area contributed by atoms with E-state index in [4.69, 9.17) is 0 Å². The van der Waals surface area contributed by atoms with Crippen molar-refractivity contribution in [3.05, 3.63) is 83.5 Å². The number of hydrogen-bond acceptors (Lipinski definition) is 1.